The Balaban J connectivity index is 1.33. The van der Waals surface area contributed by atoms with Crippen LogP contribution in [0.15, 0.2) is 30.6 Å². The summed E-state index contributed by atoms with van der Waals surface area (Å²) in [7, 11) is 0. The number of rotatable bonds is 9. The molecule has 0 bridgehead atoms. The van der Waals surface area contributed by atoms with Gasteiger partial charge in [-0.25, -0.2) is 15.0 Å². The quantitative estimate of drug-likeness (QED) is 0.187. The molecule has 1 aromatic carbocycles. The smallest absolute Gasteiger partial charge is 0.416 e. The lowest BCUT2D eigenvalue weighted by molar-refractivity contribution is -0.148. The number of hydrogen-bond acceptors (Lipinski definition) is 9. The van der Waals surface area contributed by atoms with Gasteiger partial charge in [0.1, 0.15) is 16.5 Å². The Morgan fingerprint density at radius 2 is 1.87 bits per heavy atom. The minimum absolute atomic E-state index is 0.0277. The monoisotopic (exact) mass is 643 g/mol. The van der Waals surface area contributed by atoms with Crippen LogP contribution in [0.2, 0.25) is 0 Å². The van der Waals surface area contributed by atoms with Gasteiger partial charge in [-0.15, -0.1) is 11.3 Å². The summed E-state index contributed by atoms with van der Waals surface area (Å²) in [6.45, 7) is 11.7. The molecule has 2 aliphatic rings. The molecule has 0 atom stereocenters. The van der Waals surface area contributed by atoms with Crippen molar-refractivity contribution in [2.75, 3.05) is 37.7 Å². The van der Waals surface area contributed by atoms with Crippen LogP contribution in [0, 0.1) is 18.3 Å². The number of thiazole rings is 1. The normalized spacial score (nSPS) is 17.8. The van der Waals surface area contributed by atoms with Gasteiger partial charge in [0.05, 0.1) is 42.6 Å². The highest BCUT2D eigenvalue weighted by Gasteiger charge is 2.34. The minimum Gasteiger partial charge on any atom is -0.466 e. The highest BCUT2D eigenvalue weighted by molar-refractivity contribution is 7.12. The number of ketones is 1. The summed E-state index contributed by atoms with van der Waals surface area (Å²) in [5, 5.41) is 0.530. The van der Waals surface area contributed by atoms with Gasteiger partial charge in [-0.3, -0.25) is 14.5 Å². The molecule has 0 radical (unpaired) electrons. The van der Waals surface area contributed by atoms with E-state index in [1.165, 1.54) is 36.6 Å². The highest BCUT2D eigenvalue weighted by Crippen LogP contribution is 2.38. The predicted molar refractivity (Wildman–Crippen MR) is 167 cm³/mol. The molecule has 3 aromatic rings. The van der Waals surface area contributed by atoms with Crippen LogP contribution < -0.4 is 4.90 Å². The molecule has 2 aliphatic heterocycles. The largest absolute Gasteiger partial charge is 0.466 e. The summed E-state index contributed by atoms with van der Waals surface area (Å²) in [4.78, 5) is 44.1. The first-order valence-electron chi connectivity index (χ1n) is 15.5. The molecule has 0 amide bonds. The second kappa shape index (κ2) is 13.5. The van der Waals surface area contributed by atoms with Crippen LogP contribution in [0.5, 0.6) is 0 Å². The van der Waals surface area contributed by atoms with Gasteiger partial charge in [0.2, 0.25) is 0 Å². The molecule has 2 aromatic heterocycles. The lowest BCUT2D eigenvalue weighted by Crippen LogP contribution is -2.39. The predicted octanol–water partition coefficient (Wildman–Crippen LogP) is 6.75. The van der Waals surface area contributed by atoms with E-state index in [9.17, 15) is 22.8 Å². The number of carbonyl (C=O) groups is 2. The van der Waals surface area contributed by atoms with Gasteiger partial charge in [0.15, 0.2) is 5.78 Å². The highest BCUT2D eigenvalue weighted by atomic mass is 32.1. The third-order valence-electron chi connectivity index (χ3n) is 8.58. The van der Waals surface area contributed by atoms with E-state index in [-0.39, 0.29) is 40.8 Å². The summed E-state index contributed by atoms with van der Waals surface area (Å²) >= 11 is 1.37. The average Bonchev–Trinajstić information content (AvgIpc) is 3.38. The number of benzene rings is 1. The maximum Gasteiger partial charge on any atom is 0.416 e. The number of likely N-dealkylation sites (tertiary alicyclic amines) is 1. The van der Waals surface area contributed by atoms with Crippen molar-refractivity contribution < 1.29 is 27.5 Å². The molecular weight excluding hydrogens is 603 g/mol. The van der Waals surface area contributed by atoms with Gasteiger partial charge in [0, 0.05) is 36.6 Å². The van der Waals surface area contributed by atoms with Crippen molar-refractivity contribution in [1.82, 2.24) is 19.9 Å². The lowest BCUT2D eigenvalue weighted by Gasteiger charge is -2.37. The van der Waals surface area contributed by atoms with Crippen LogP contribution in [-0.2, 0) is 28.7 Å². The number of anilines is 1. The van der Waals surface area contributed by atoms with Gasteiger partial charge >= 0.3 is 12.1 Å². The fraction of sp³-hybridized carbons (Fsp3) is 0.545. The second-order valence-corrected chi connectivity index (χ2v) is 13.9. The molecule has 2 fully saturated rings. The molecule has 5 rings (SSSR count). The van der Waals surface area contributed by atoms with E-state index < -0.39 is 11.7 Å². The van der Waals surface area contributed by atoms with Crippen LogP contribution in [0.4, 0.5) is 19.0 Å². The molecule has 12 heteroatoms. The number of aromatic nitrogens is 3. The number of nitrogens with zero attached hydrogens (tertiary/aromatic N) is 5. The Bertz CT molecular complexity index is 1510. The summed E-state index contributed by atoms with van der Waals surface area (Å²) in [6.07, 6.45) is 2.01. The van der Waals surface area contributed by atoms with Gasteiger partial charge < -0.3 is 9.64 Å². The molecule has 0 aliphatic carbocycles. The van der Waals surface area contributed by atoms with E-state index in [1.54, 1.807) is 19.2 Å². The molecule has 0 unspecified atom stereocenters. The second-order valence-electron chi connectivity index (χ2n) is 12.8. The molecule has 8 nitrogen and oxygen atoms in total. The molecular formula is C33H40F3N5O3S. The molecule has 242 valence electrons. The van der Waals surface area contributed by atoms with Crippen LogP contribution in [-0.4, -0.2) is 64.4 Å². The van der Waals surface area contributed by atoms with E-state index >= 15 is 0 Å². The summed E-state index contributed by atoms with van der Waals surface area (Å²) < 4.78 is 46.5. The van der Waals surface area contributed by atoms with Gasteiger partial charge in [0.25, 0.3) is 0 Å². The zero-order valence-corrected chi connectivity index (χ0v) is 27.1. The Morgan fingerprint density at radius 3 is 2.51 bits per heavy atom. The molecule has 0 saturated carbocycles. The number of aryl methyl sites for hydroxylation is 1. The fourth-order valence-corrected chi connectivity index (χ4v) is 7.36. The first kappa shape index (κ1) is 33.0. The number of Topliss-reactive ketones (excluding diaryl/α,β-unsaturated/α-hetero) is 1. The lowest BCUT2D eigenvalue weighted by atomic mass is 9.84. The van der Waals surface area contributed by atoms with Crippen molar-refractivity contribution in [1.29, 1.82) is 0 Å². The molecule has 4 heterocycles. The Labute approximate surface area is 266 Å². The van der Waals surface area contributed by atoms with Gasteiger partial charge in [-0.05, 0) is 63.1 Å². The third kappa shape index (κ3) is 8.07. The number of esters is 1. The minimum atomic E-state index is -4.48. The maximum absolute atomic E-state index is 13.8. The molecule has 0 spiro atoms. The number of piperidine rings is 2. The fourth-order valence-electron chi connectivity index (χ4n) is 6.23. The van der Waals surface area contributed by atoms with Gasteiger partial charge in [-0.2, -0.15) is 13.2 Å². The molecule has 0 N–H and O–H groups in total. The number of alkyl halides is 3. The molecule has 45 heavy (non-hydrogen) atoms. The number of halogens is 3. The Kier molecular flexibility index (Phi) is 9.93. The third-order valence-corrected chi connectivity index (χ3v) is 9.62. The number of ether oxygens (including phenoxy) is 1. The standard InChI is InChI=1S/C33H40F3N5O3S/c1-5-44-31(43)22-9-13-41(14-10-22)28-18-37-25(17-38-28)26(42)16-29-39-30(23-8-7-21(2)24(15-23)33(34,35)36)27(45-29)19-40-12-6-11-32(3,4)20-40/h7-8,15,17-18,22H,5-6,9-14,16,19-20H2,1-4H3. The molecule has 2 saturated heterocycles. The van der Waals surface area contributed by atoms with Crippen molar-refractivity contribution in [3.05, 3.63) is 57.3 Å². The Hall–Kier alpha value is -3.38. The van der Waals surface area contributed by atoms with Crippen LogP contribution in [0.1, 0.15) is 78.0 Å². The van der Waals surface area contributed by atoms with Crippen molar-refractivity contribution in [2.45, 2.75) is 72.5 Å². The maximum atomic E-state index is 13.8. The van der Waals surface area contributed by atoms with E-state index in [0.717, 1.165) is 30.8 Å². The van der Waals surface area contributed by atoms with E-state index in [0.29, 0.717) is 61.2 Å². The van der Waals surface area contributed by atoms with E-state index in [2.05, 4.69) is 28.7 Å². The summed E-state index contributed by atoms with van der Waals surface area (Å²) in [5.41, 5.74) is 0.703. The van der Waals surface area contributed by atoms with Crippen molar-refractivity contribution in [3.8, 4) is 11.3 Å². The van der Waals surface area contributed by atoms with Crippen molar-refractivity contribution in [2.24, 2.45) is 11.3 Å². The van der Waals surface area contributed by atoms with Gasteiger partial charge in [-0.1, -0.05) is 26.0 Å². The summed E-state index contributed by atoms with van der Waals surface area (Å²) in [6, 6.07) is 4.32. The summed E-state index contributed by atoms with van der Waals surface area (Å²) in [5.74, 6) is 0.0861. The first-order chi connectivity index (χ1) is 21.3. The van der Waals surface area contributed by atoms with E-state index in [1.807, 2.05) is 4.90 Å². The average molecular weight is 644 g/mol. The zero-order valence-electron chi connectivity index (χ0n) is 26.2. The SMILES string of the molecule is CCOC(=O)C1CCN(c2cnc(C(=O)Cc3nc(-c4ccc(C)c(C(F)(F)F)c4)c(CN4CCCC(C)(C)C4)s3)cn2)CC1. The number of hydrogen-bond donors (Lipinski definition) is 0. The zero-order chi connectivity index (χ0) is 32.4. The number of carbonyl (C=O) groups excluding carboxylic acids is 2. The van der Waals surface area contributed by atoms with Crippen molar-refractivity contribution >= 4 is 28.9 Å². The van der Waals surface area contributed by atoms with Crippen LogP contribution >= 0.6 is 11.3 Å². The Morgan fingerprint density at radius 1 is 1.11 bits per heavy atom. The topological polar surface area (TPSA) is 88.5 Å². The van der Waals surface area contributed by atoms with E-state index in [4.69, 9.17) is 9.72 Å². The van der Waals surface area contributed by atoms with Crippen LogP contribution in [0.25, 0.3) is 11.3 Å². The first-order valence-corrected chi connectivity index (χ1v) is 16.3. The van der Waals surface area contributed by atoms with Crippen LogP contribution in [0.3, 0.4) is 0 Å². The van der Waals surface area contributed by atoms with Crippen molar-refractivity contribution in [3.63, 3.8) is 0 Å².